The van der Waals surface area contributed by atoms with E-state index in [-0.39, 0.29) is 0 Å². The first-order valence-corrected chi connectivity index (χ1v) is 5.78. The van der Waals surface area contributed by atoms with Crippen LogP contribution in [-0.2, 0) is 4.79 Å². The lowest BCUT2D eigenvalue weighted by atomic mass is 10.3. The number of phenols is 2. The fraction of sp³-hybridized carbons (Fsp3) is 0.133. The van der Waals surface area contributed by atoms with Gasteiger partial charge in [0.05, 0.1) is 0 Å². The Morgan fingerprint density at radius 3 is 1.95 bits per heavy atom. The summed E-state index contributed by atoms with van der Waals surface area (Å²) in [7, 11) is 0. The van der Waals surface area contributed by atoms with Gasteiger partial charge in [-0.15, -0.1) is 0 Å². The first-order chi connectivity index (χ1) is 9.22. The van der Waals surface area contributed by atoms with Crippen molar-refractivity contribution in [2.24, 2.45) is 0 Å². The standard InChI is InChI=1S/C8H11NO.C6H6O.CH2O/c1-2-9-7-4-3-5-8(10)6-7;7-6-4-2-1-3-5-6;1-2/h3-6,9-10H,2H2,1H3;1-5,7H;1H2. The highest BCUT2D eigenvalue weighted by atomic mass is 16.3. The minimum absolute atomic E-state index is 0.304. The molecule has 2 aromatic rings. The summed E-state index contributed by atoms with van der Waals surface area (Å²) < 4.78 is 0. The molecule has 19 heavy (non-hydrogen) atoms. The Labute approximate surface area is 113 Å². The van der Waals surface area contributed by atoms with Gasteiger partial charge in [0, 0.05) is 18.3 Å². The normalized spacial score (nSPS) is 8.26. The van der Waals surface area contributed by atoms with E-state index >= 15 is 0 Å². The van der Waals surface area contributed by atoms with Crippen LogP contribution in [0.15, 0.2) is 54.6 Å². The first-order valence-electron chi connectivity index (χ1n) is 5.78. The number of nitrogens with one attached hydrogen (secondary N) is 1. The molecule has 102 valence electrons. The molecule has 0 bridgehead atoms. The smallest absolute Gasteiger partial charge is 0.117 e. The summed E-state index contributed by atoms with van der Waals surface area (Å²) in [4.78, 5) is 8.00. The zero-order valence-electron chi connectivity index (χ0n) is 10.9. The van der Waals surface area contributed by atoms with Crippen LogP contribution >= 0.6 is 0 Å². The number of anilines is 1. The minimum Gasteiger partial charge on any atom is -0.508 e. The van der Waals surface area contributed by atoms with E-state index in [9.17, 15) is 0 Å². The van der Waals surface area contributed by atoms with E-state index < -0.39 is 0 Å². The average Bonchev–Trinajstić information content (AvgIpc) is 2.43. The predicted octanol–water partition coefficient (Wildman–Crippen LogP) is 3.03. The first kappa shape index (κ1) is 16.5. The van der Waals surface area contributed by atoms with E-state index in [0.29, 0.717) is 11.5 Å². The Kier molecular flexibility index (Phi) is 9.25. The Morgan fingerprint density at radius 1 is 0.947 bits per heavy atom. The molecule has 0 saturated heterocycles. The van der Waals surface area contributed by atoms with Crippen LogP contribution in [0.25, 0.3) is 0 Å². The number of phenolic OH excluding ortho intramolecular Hbond substituents is 2. The summed E-state index contributed by atoms with van der Waals surface area (Å²) in [5.74, 6) is 0.626. The summed E-state index contributed by atoms with van der Waals surface area (Å²) >= 11 is 0. The van der Waals surface area contributed by atoms with E-state index in [4.69, 9.17) is 15.0 Å². The molecule has 3 N–H and O–H groups in total. The van der Waals surface area contributed by atoms with Crippen LogP contribution in [0, 0.1) is 0 Å². The van der Waals surface area contributed by atoms with Crippen molar-refractivity contribution in [2.45, 2.75) is 6.92 Å². The lowest BCUT2D eigenvalue weighted by Crippen LogP contribution is -1.94. The molecule has 0 aromatic heterocycles. The molecule has 0 amide bonds. The van der Waals surface area contributed by atoms with Crippen molar-refractivity contribution in [3.63, 3.8) is 0 Å². The van der Waals surface area contributed by atoms with Gasteiger partial charge in [-0.1, -0.05) is 24.3 Å². The number of hydrogen-bond donors (Lipinski definition) is 3. The molecule has 0 aliphatic rings. The van der Waals surface area contributed by atoms with Gasteiger partial charge in [-0.2, -0.15) is 0 Å². The SMILES string of the molecule is C=O.CCNc1cccc(O)c1.Oc1ccccc1. The number of benzene rings is 2. The molecular weight excluding hydrogens is 242 g/mol. The zero-order chi connectivity index (χ0) is 14.5. The van der Waals surface area contributed by atoms with Crippen LogP contribution in [0.5, 0.6) is 11.5 Å². The molecule has 0 radical (unpaired) electrons. The average molecular weight is 261 g/mol. The highest BCUT2D eigenvalue weighted by Crippen LogP contribution is 2.14. The van der Waals surface area contributed by atoms with Crippen LogP contribution in [0.1, 0.15) is 6.92 Å². The van der Waals surface area contributed by atoms with Crippen LogP contribution < -0.4 is 5.32 Å². The molecule has 0 unspecified atom stereocenters. The highest BCUT2D eigenvalue weighted by Gasteiger charge is 1.89. The number of para-hydroxylation sites is 1. The van der Waals surface area contributed by atoms with Gasteiger partial charge >= 0.3 is 0 Å². The molecule has 0 saturated carbocycles. The zero-order valence-corrected chi connectivity index (χ0v) is 10.9. The molecule has 0 aliphatic carbocycles. The largest absolute Gasteiger partial charge is 0.508 e. The topological polar surface area (TPSA) is 69.6 Å². The second-order valence-electron chi connectivity index (χ2n) is 3.42. The molecule has 2 rings (SSSR count). The highest BCUT2D eigenvalue weighted by molar-refractivity contribution is 5.47. The third-order valence-electron chi connectivity index (χ3n) is 1.98. The maximum Gasteiger partial charge on any atom is 0.117 e. The Hall–Kier alpha value is -2.49. The molecule has 2 aromatic carbocycles. The third kappa shape index (κ3) is 8.26. The maximum atomic E-state index is 9.00. The van der Waals surface area contributed by atoms with Crippen LogP contribution in [0.3, 0.4) is 0 Å². The van der Waals surface area contributed by atoms with Crippen LogP contribution in [0.4, 0.5) is 5.69 Å². The lowest BCUT2D eigenvalue weighted by molar-refractivity contribution is -0.0979. The van der Waals surface area contributed by atoms with Crippen molar-refractivity contribution in [1.29, 1.82) is 0 Å². The van der Waals surface area contributed by atoms with Crippen molar-refractivity contribution in [2.75, 3.05) is 11.9 Å². The summed E-state index contributed by atoms with van der Waals surface area (Å²) in [6.45, 7) is 4.90. The second-order valence-corrected chi connectivity index (χ2v) is 3.42. The molecule has 0 spiro atoms. The van der Waals surface area contributed by atoms with Crippen molar-refractivity contribution in [1.82, 2.24) is 0 Å². The second kappa shape index (κ2) is 10.7. The quantitative estimate of drug-likeness (QED) is 0.777. The van der Waals surface area contributed by atoms with Crippen molar-refractivity contribution < 1.29 is 15.0 Å². The maximum absolute atomic E-state index is 9.00. The van der Waals surface area contributed by atoms with Crippen molar-refractivity contribution in [3.05, 3.63) is 54.6 Å². The van der Waals surface area contributed by atoms with E-state index in [1.807, 2.05) is 31.9 Å². The fourth-order valence-corrected chi connectivity index (χ4v) is 1.25. The van der Waals surface area contributed by atoms with Gasteiger partial charge in [-0.25, -0.2) is 0 Å². The van der Waals surface area contributed by atoms with Gasteiger partial charge in [0.2, 0.25) is 0 Å². The fourth-order valence-electron chi connectivity index (χ4n) is 1.25. The summed E-state index contributed by atoms with van der Waals surface area (Å²) in [5.41, 5.74) is 0.961. The Morgan fingerprint density at radius 2 is 1.53 bits per heavy atom. The van der Waals surface area contributed by atoms with E-state index in [1.54, 1.807) is 36.4 Å². The molecule has 0 heterocycles. The van der Waals surface area contributed by atoms with Crippen LogP contribution in [-0.4, -0.2) is 23.5 Å². The van der Waals surface area contributed by atoms with Crippen molar-refractivity contribution >= 4 is 12.5 Å². The number of hydrogen-bond acceptors (Lipinski definition) is 4. The van der Waals surface area contributed by atoms with Gasteiger partial charge in [0.15, 0.2) is 0 Å². The molecule has 0 atom stereocenters. The summed E-state index contributed by atoms with van der Waals surface area (Å²) in [5, 5.41) is 20.7. The number of carbonyl (C=O) groups is 1. The van der Waals surface area contributed by atoms with Crippen LogP contribution in [0.2, 0.25) is 0 Å². The third-order valence-corrected chi connectivity index (χ3v) is 1.98. The summed E-state index contributed by atoms with van der Waals surface area (Å²) in [6, 6.07) is 15.8. The Balaban J connectivity index is 0.000000316. The van der Waals surface area contributed by atoms with Crippen molar-refractivity contribution in [3.8, 4) is 11.5 Å². The van der Waals surface area contributed by atoms with Gasteiger partial charge in [-0.3, -0.25) is 0 Å². The summed E-state index contributed by atoms with van der Waals surface area (Å²) in [6.07, 6.45) is 0. The van der Waals surface area contributed by atoms with E-state index in [1.165, 1.54) is 0 Å². The molecule has 0 fully saturated rings. The van der Waals surface area contributed by atoms with E-state index in [2.05, 4.69) is 5.32 Å². The number of carbonyl (C=O) groups excluding carboxylic acids is 1. The molecular formula is C15H19NO3. The van der Waals surface area contributed by atoms with Gasteiger partial charge in [-0.05, 0) is 31.2 Å². The van der Waals surface area contributed by atoms with E-state index in [0.717, 1.165) is 12.2 Å². The molecule has 4 heteroatoms. The van der Waals surface area contributed by atoms with Gasteiger partial charge < -0.3 is 20.3 Å². The lowest BCUT2D eigenvalue weighted by Gasteiger charge is -2.01. The Bertz CT molecular complexity index is 446. The monoisotopic (exact) mass is 261 g/mol. The molecule has 4 nitrogen and oxygen atoms in total. The minimum atomic E-state index is 0.304. The van der Waals surface area contributed by atoms with Gasteiger partial charge in [0.1, 0.15) is 18.3 Å². The predicted molar refractivity (Wildman–Crippen MR) is 77.5 cm³/mol. The number of aromatic hydroxyl groups is 2. The molecule has 0 aliphatic heterocycles. The number of rotatable bonds is 2. The van der Waals surface area contributed by atoms with Gasteiger partial charge in [0.25, 0.3) is 0 Å².